The molecule has 0 aliphatic heterocycles. The van der Waals surface area contributed by atoms with E-state index in [0.29, 0.717) is 11.3 Å². The van der Waals surface area contributed by atoms with Gasteiger partial charge in [0.25, 0.3) is 0 Å². The maximum atomic E-state index is 11.5. The van der Waals surface area contributed by atoms with Crippen LogP contribution in [-0.2, 0) is 9.47 Å². The van der Waals surface area contributed by atoms with Crippen molar-refractivity contribution < 1.29 is 28.9 Å². The molecule has 2 aromatic carbocycles. The van der Waals surface area contributed by atoms with Crippen LogP contribution in [0.1, 0.15) is 20.7 Å². The summed E-state index contributed by atoms with van der Waals surface area (Å²) in [6, 6.07) is 10.3. The van der Waals surface area contributed by atoms with Crippen molar-refractivity contribution in [1.82, 2.24) is 0 Å². The lowest BCUT2D eigenvalue weighted by Crippen LogP contribution is -2.01. The molecule has 2 aromatic rings. The minimum atomic E-state index is -0.536. The molecule has 2 rings (SSSR count). The van der Waals surface area contributed by atoms with Gasteiger partial charge in [-0.1, -0.05) is 0 Å². The zero-order valence-corrected chi connectivity index (χ0v) is 12.0. The number of ether oxygens (including phenoxy) is 3. The highest BCUT2D eigenvalue weighted by Crippen LogP contribution is 2.31. The Morgan fingerprint density at radius 1 is 0.864 bits per heavy atom. The minimum absolute atomic E-state index is 0.105. The monoisotopic (exact) mass is 302 g/mol. The third-order valence-electron chi connectivity index (χ3n) is 2.88. The number of carbonyl (C=O) groups excluding carboxylic acids is 2. The molecule has 0 heterocycles. The van der Waals surface area contributed by atoms with Crippen molar-refractivity contribution in [3.8, 4) is 17.2 Å². The maximum absolute atomic E-state index is 11.5. The molecular formula is C16H14O6. The first-order chi connectivity index (χ1) is 10.5. The normalized spacial score (nSPS) is 9.91. The molecule has 6 nitrogen and oxygen atoms in total. The number of esters is 2. The van der Waals surface area contributed by atoms with Gasteiger partial charge in [0.1, 0.15) is 5.75 Å². The number of phenols is 1. The predicted octanol–water partition coefficient (Wildman–Crippen LogP) is 2.76. The lowest BCUT2D eigenvalue weighted by atomic mass is 10.2. The zero-order chi connectivity index (χ0) is 16.1. The van der Waals surface area contributed by atoms with Crippen LogP contribution in [0.5, 0.6) is 17.2 Å². The second kappa shape index (κ2) is 6.62. The summed E-state index contributed by atoms with van der Waals surface area (Å²) in [5.74, 6) is -0.614. The van der Waals surface area contributed by atoms with Crippen LogP contribution in [0.25, 0.3) is 0 Å². The Labute approximate surface area is 126 Å². The number of hydrogen-bond donors (Lipinski definition) is 1. The Balaban J connectivity index is 2.23. The number of benzene rings is 2. The fraction of sp³-hybridized carbons (Fsp3) is 0.125. The molecule has 0 unspecified atom stereocenters. The summed E-state index contributed by atoms with van der Waals surface area (Å²) in [6.07, 6.45) is 0. The summed E-state index contributed by atoms with van der Waals surface area (Å²) < 4.78 is 14.7. The summed E-state index contributed by atoms with van der Waals surface area (Å²) in [4.78, 5) is 22.8. The van der Waals surface area contributed by atoms with Gasteiger partial charge in [0.05, 0.1) is 25.3 Å². The van der Waals surface area contributed by atoms with Crippen LogP contribution in [0.4, 0.5) is 0 Å². The van der Waals surface area contributed by atoms with E-state index in [4.69, 9.17) is 4.74 Å². The van der Waals surface area contributed by atoms with Gasteiger partial charge in [-0.25, -0.2) is 9.59 Å². The standard InChI is InChI=1S/C16H14O6/c1-20-15(18)10-3-6-12(7-4-10)22-14-9-11(16(19)21-2)5-8-13(14)17/h3-9,17H,1-2H3. The fourth-order valence-electron chi connectivity index (χ4n) is 1.74. The van der Waals surface area contributed by atoms with Crippen molar-refractivity contribution in [2.75, 3.05) is 14.2 Å². The molecule has 0 atom stereocenters. The van der Waals surface area contributed by atoms with Crippen LogP contribution in [0, 0.1) is 0 Å². The SMILES string of the molecule is COC(=O)c1ccc(Oc2cc(C(=O)OC)ccc2O)cc1. The summed E-state index contributed by atoms with van der Waals surface area (Å²) >= 11 is 0. The van der Waals surface area contributed by atoms with Crippen LogP contribution in [0.3, 0.4) is 0 Å². The number of methoxy groups -OCH3 is 2. The molecule has 0 aliphatic carbocycles. The number of phenolic OH excluding ortho intramolecular Hbond substituents is 1. The number of carbonyl (C=O) groups is 2. The van der Waals surface area contributed by atoms with E-state index in [-0.39, 0.29) is 17.1 Å². The topological polar surface area (TPSA) is 82.1 Å². The van der Waals surface area contributed by atoms with E-state index < -0.39 is 11.9 Å². The average Bonchev–Trinajstić information content (AvgIpc) is 2.56. The van der Waals surface area contributed by atoms with E-state index in [2.05, 4.69) is 9.47 Å². The Kier molecular flexibility index (Phi) is 4.63. The van der Waals surface area contributed by atoms with Gasteiger partial charge >= 0.3 is 11.9 Å². The van der Waals surface area contributed by atoms with Gasteiger partial charge in [0.2, 0.25) is 0 Å². The Morgan fingerprint density at radius 2 is 1.41 bits per heavy atom. The van der Waals surface area contributed by atoms with Crippen molar-refractivity contribution in [1.29, 1.82) is 0 Å². The van der Waals surface area contributed by atoms with Crippen LogP contribution in [-0.4, -0.2) is 31.3 Å². The van der Waals surface area contributed by atoms with Gasteiger partial charge in [0, 0.05) is 0 Å². The first-order valence-electron chi connectivity index (χ1n) is 6.32. The van der Waals surface area contributed by atoms with E-state index >= 15 is 0 Å². The van der Waals surface area contributed by atoms with Crippen molar-refractivity contribution in [2.45, 2.75) is 0 Å². The summed E-state index contributed by atoms with van der Waals surface area (Å²) in [6.45, 7) is 0. The lowest BCUT2D eigenvalue weighted by Gasteiger charge is -2.09. The number of hydrogen-bond acceptors (Lipinski definition) is 6. The molecule has 0 saturated carbocycles. The highest BCUT2D eigenvalue weighted by Gasteiger charge is 2.12. The summed E-state index contributed by atoms with van der Waals surface area (Å²) in [5.41, 5.74) is 0.629. The van der Waals surface area contributed by atoms with E-state index in [1.54, 1.807) is 12.1 Å². The lowest BCUT2D eigenvalue weighted by molar-refractivity contribution is 0.0591. The van der Waals surface area contributed by atoms with Gasteiger partial charge in [-0.2, -0.15) is 0 Å². The second-order valence-electron chi connectivity index (χ2n) is 4.29. The van der Waals surface area contributed by atoms with Crippen LogP contribution >= 0.6 is 0 Å². The van der Waals surface area contributed by atoms with Gasteiger partial charge in [-0.15, -0.1) is 0 Å². The fourth-order valence-corrected chi connectivity index (χ4v) is 1.74. The van der Waals surface area contributed by atoms with Crippen LogP contribution < -0.4 is 4.74 Å². The molecule has 22 heavy (non-hydrogen) atoms. The van der Waals surface area contributed by atoms with E-state index in [1.165, 1.54) is 44.6 Å². The summed E-state index contributed by atoms with van der Waals surface area (Å²) in [5, 5.41) is 9.78. The largest absolute Gasteiger partial charge is 0.504 e. The first kappa shape index (κ1) is 15.4. The van der Waals surface area contributed by atoms with Crippen molar-refractivity contribution in [3.05, 3.63) is 53.6 Å². The van der Waals surface area contributed by atoms with E-state index in [1.807, 2.05) is 0 Å². The molecule has 0 aliphatic rings. The molecule has 0 saturated heterocycles. The maximum Gasteiger partial charge on any atom is 0.337 e. The molecule has 6 heteroatoms. The van der Waals surface area contributed by atoms with Gasteiger partial charge in [-0.3, -0.25) is 0 Å². The smallest absolute Gasteiger partial charge is 0.337 e. The molecule has 1 N–H and O–H groups in total. The van der Waals surface area contributed by atoms with Crippen molar-refractivity contribution in [2.24, 2.45) is 0 Å². The Bertz CT molecular complexity index is 690. The molecule has 0 fully saturated rings. The molecule has 0 amide bonds. The molecule has 0 bridgehead atoms. The van der Waals surface area contributed by atoms with Crippen molar-refractivity contribution >= 4 is 11.9 Å². The highest BCUT2D eigenvalue weighted by molar-refractivity contribution is 5.90. The third kappa shape index (κ3) is 3.35. The van der Waals surface area contributed by atoms with E-state index in [9.17, 15) is 14.7 Å². The molecule has 0 aromatic heterocycles. The average molecular weight is 302 g/mol. The third-order valence-corrected chi connectivity index (χ3v) is 2.88. The Hall–Kier alpha value is -3.02. The highest BCUT2D eigenvalue weighted by atomic mass is 16.5. The molecule has 114 valence electrons. The second-order valence-corrected chi connectivity index (χ2v) is 4.29. The first-order valence-corrected chi connectivity index (χ1v) is 6.32. The van der Waals surface area contributed by atoms with Gasteiger partial charge in [-0.05, 0) is 42.5 Å². The molecule has 0 spiro atoms. The van der Waals surface area contributed by atoms with Crippen molar-refractivity contribution in [3.63, 3.8) is 0 Å². The number of aromatic hydroxyl groups is 1. The quantitative estimate of drug-likeness (QED) is 0.874. The van der Waals surface area contributed by atoms with Crippen LogP contribution in [0.2, 0.25) is 0 Å². The van der Waals surface area contributed by atoms with Gasteiger partial charge in [0.15, 0.2) is 11.5 Å². The Morgan fingerprint density at radius 3 is 2.00 bits per heavy atom. The van der Waals surface area contributed by atoms with Gasteiger partial charge < -0.3 is 19.3 Å². The molecular weight excluding hydrogens is 288 g/mol. The number of rotatable bonds is 4. The van der Waals surface area contributed by atoms with Crippen LogP contribution in [0.15, 0.2) is 42.5 Å². The molecule has 0 radical (unpaired) electrons. The van der Waals surface area contributed by atoms with E-state index in [0.717, 1.165) is 0 Å². The zero-order valence-electron chi connectivity index (χ0n) is 12.0. The minimum Gasteiger partial charge on any atom is -0.504 e. The summed E-state index contributed by atoms with van der Waals surface area (Å²) in [7, 11) is 2.56. The predicted molar refractivity (Wildman–Crippen MR) is 77.3 cm³/mol.